The molecule has 130 valence electrons. The first-order valence-electron chi connectivity index (χ1n) is 8.05. The fourth-order valence-electron chi connectivity index (χ4n) is 2.76. The number of hydrogen-bond donors (Lipinski definition) is 2. The molecule has 8 heteroatoms. The third-order valence-corrected chi connectivity index (χ3v) is 4.94. The molecule has 2 aromatic heterocycles. The number of nitrogens with zero attached hydrogens (tertiary/aromatic N) is 2. The van der Waals surface area contributed by atoms with Crippen LogP contribution in [0, 0.1) is 5.92 Å². The highest BCUT2D eigenvalue weighted by atomic mass is 32.1. The highest BCUT2D eigenvalue weighted by molar-refractivity contribution is 7.17. The summed E-state index contributed by atoms with van der Waals surface area (Å²) in [6, 6.07) is 3.42. The molecule has 2 N–H and O–H groups in total. The largest absolute Gasteiger partial charge is 0.370 e. The van der Waals surface area contributed by atoms with E-state index in [9.17, 15) is 14.4 Å². The van der Waals surface area contributed by atoms with Gasteiger partial charge in [-0.25, -0.2) is 9.97 Å². The first kappa shape index (κ1) is 17.2. The van der Waals surface area contributed by atoms with E-state index in [1.165, 1.54) is 13.1 Å². The molecule has 0 aromatic carbocycles. The summed E-state index contributed by atoms with van der Waals surface area (Å²) >= 11 is 1.13. The third kappa shape index (κ3) is 3.58. The van der Waals surface area contributed by atoms with Crippen molar-refractivity contribution in [3.05, 3.63) is 34.5 Å². The van der Waals surface area contributed by atoms with Crippen LogP contribution in [0.1, 0.15) is 46.0 Å². The lowest BCUT2D eigenvalue weighted by Crippen LogP contribution is -2.29. The van der Waals surface area contributed by atoms with E-state index in [0.29, 0.717) is 39.9 Å². The maximum atomic E-state index is 12.7. The van der Waals surface area contributed by atoms with Crippen molar-refractivity contribution in [1.29, 1.82) is 0 Å². The van der Waals surface area contributed by atoms with Gasteiger partial charge in [0.25, 0.3) is 0 Å². The second kappa shape index (κ2) is 7.10. The second-order valence-corrected chi connectivity index (χ2v) is 6.76. The maximum Gasteiger partial charge on any atom is 0.223 e. The van der Waals surface area contributed by atoms with E-state index in [0.717, 1.165) is 17.9 Å². The number of amides is 1. The summed E-state index contributed by atoms with van der Waals surface area (Å²) in [7, 11) is 0. The Kier molecular flexibility index (Phi) is 4.89. The standard InChI is InChI=1S/C17H18N4O3S/c1-3-18-13-7-4-10(8-19-13)14(23)11-5-6-12-16(15(11)24)25-17(21-12)20-9(2)22/h4,7-8,11H,3,5-6H2,1-2H3,(H,18,19)(H,20,21,22). The first-order chi connectivity index (χ1) is 12.0. The van der Waals surface area contributed by atoms with Gasteiger partial charge < -0.3 is 10.6 Å². The molecule has 1 aliphatic rings. The van der Waals surface area contributed by atoms with Gasteiger partial charge in [-0.3, -0.25) is 14.4 Å². The Balaban J connectivity index is 1.79. The molecule has 1 aliphatic carbocycles. The topological polar surface area (TPSA) is 101 Å². The van der Waals surface area contributed by atoms with Crippen molar-refractivity contribution < 1.29 is 14.4 Å². The third-order valence-electron chi connectivity index (χ3n) is 3.91. The minimum absolute atomic E-state index is 0.222. The number of Topliss-reactive ketones (excluding diaryl/α,β-unsaturated/α-hetero) is 2. The van der Waals surface area contributed by atoms with E-state index in [2.05, 4.69) is 20.6 Å². The minimum atomic E-state index is -0.718. The van der Waals surface area contributed by atoms with Gasteiger partial charge in [-0.1, -0.05) is 11.3 Å². The quantitative estimate of drug-likeness (QED) is 0.629. The number of aromatic nitrogens is 2. The van der Waals surface area contributed by atoms with Crippen LogP contribution in [0.3, 0.4) is 0 Å². The van der Waals surface area contributed by atoms with Gasteiger partial charge in [0.15, 0.2) is 16.7 Å². The lowest BCUT2D eigenvalue weighted by atomic mass is 9.84. The Morgan fingerprint density at radius 2 is 2.16 bits per heavy atom. The van der Waals surface area contributed by atoms with Gasteiger partial charge in [-0.05, 0) is 31.9 Å². The van der Waals surface area contributed by atoms with Crippen molar-refractivity contribution in [1.82, 2.24) is 9.97 Å². The van der Waals surface area contributed by atoms with E-state index >= 15 is 0 Å². The molecule has 25 heavy (non-hydrogen) atoms. The monoisotopic (exact) mass is 358 g/mol. The van der Waals surface area contributed by atoms with Crippen LogP contribution in [0.2, 0.25) is 0 Å². The van der Waals surface area contributed by atoms with Gasteiger partial charge in [0.2, 0.25) is 5.91 Å². The van der Waals surface area contributed by atoms with Crippen LogP contribution in [-0.2, 0) is 11.2 Å². The average Bonchev–Trinajstić information content (AvgIpc) is 2.98. The number of nitrogens with one attached hydrogen (secondary N) is 2. The molecular weight excluding hydrogens is 340 g/mol. The number of carbonyl (C=O) groups is 3. The summed E-state index contributed by atoms with van der Waals surface area (Å²) in [4.78, 5) is 45.5. The van der Waals surface area contributed by atoms with Crippen molar-refractivity contribution in [2.75, 3.05) is 17.2 Å². The second-order valence-electron chi connectivity index (χ2n) is 5.76. The van der Waals surface area contributed by atoms with E-state index < -0.39 is 5.92 Å². The highest BCUT2D eigenvalue weighted by Gasteiger charge is 2.36. The van der Waals surface area contributed by atoms with Crippen molar-refractivity contribution >= 4 is 39.8 Å². The number of pyridine rings is 1. The van der Waals surface area contributed by atoms with Crippen molar-refractivity contribution in [3.63, 3.8) is 0 Å². The number of thiazole rings is 1. The molecule has 0 spiro atoms. The van der Waals surface area contributed by atoms with Crippen molar-refractivity contribution in [2.45, 2.75) is 26.7 Å². The molecule has 2 heterocycles. The Labute approximate surface area is 148 Å². The van der Waals surface area contributed by atoms with Crippen LogP contribution in [-0.4, -0.2) is 34.0 Å². The predicted octanol–water partition coefficient (Wildman–Crippen LogP) is 2.56. The SMILES string of the molecule is CCNc1ccc(C(=O)C2CCc3nc(NC(C)=O)sc3C2=O)cn1. The number of rotatable bonds is 5. The fourth-order valence-corrected chi connectivity index (χ4v) is 3.82. The average molecular weight is 358 g/mol. The van der Waals surface area contributed by atoms with Gasteiger partial charge >= 0.3 is 0 Å². The highest BCUT2D eigenvalue weighted by Crippen LogP contribution is 2.33. The molecule has 0 saturated carbocycles. The summed E-state index contributed by atoms with van der Waals surface area (Å²) in [6.45, 7) is 4.09. The molecule has 3 rings (SSSR count). The number of ketones is 2. The van der Waals surface area contributed by atoms with Gasteiger partial charge in [0, 0.05) is 25.2 Å². The zero-order valence-electron chi connectivity index (χ0n) is 14.0. The molecule has 2 aromatic rings. The summed E-state index contributed by atoms with van der Waals surface area (Å²) in [5.74, 6) is -0.710. The number of fused-ring (bicyclic) bond motifs is 1. The first-order valence-corrected chi connectivity index (χ1v) is 8.87. The minimum Gasteiger partial charge on any atom is -0.370 e. The number of hydrogen-bond acceptors (Lipinski definition) is 7. The van der Waals surface area contributed by atoms with Crippen LogP contribution in [0.4, 0.5) is 10.9 Å². The van der Waals surface area contributed by atoms with Crippen molar-refractivity contribution in [2.24, 2.45) is 5.92 Å². The van der Waals surface area contributed by atoms with E-state index in [-0.39, 0.29) is 17.5 Å². The molecule has 0 saturated heterocycles. The Hall–Kier alpha value is -2.61. The maximum absolute atomic E-state index is 12.7. The molecule has 7 nitrogen and oxygen atoms in total. The zero-order chi connectivity index (χ0) is 18.0. The molecule has 0 aliphatic heterocycles. The van der Waals surface area contributed by atoms with Crippen LogP contribution < -0.4 is 10.6 Å². The molecule has 0 fully saturated rings. The summed E-state index contributed by atoms with van der Waals surface area (Å²) < 4.78 is 0. The van der Waals surface area contributed by atoms with Crippen molar-refractivity contribution in [3.8, 4) is 0 Å². The Morgan fingerprint density at radius 3 is 2.80 bits per heavy atom. The molecule has 0 bridgehead atoms. The number of carbonyl (C=O) groups excluding carboxylic acids is 3. The molecule has 1 amide bonds. The molecule has 1 atom stereocenters. The number of aryl methyl sites for hydroxylation is 1. The molecular formula is C17H18N4O3S. The molecule has 0 radical (unpaired) electrons. The van der Waals surface area contributed by atoms with E-state index in [1.54, 1.807) is 12.1 Å². The Morgan fingerprint density at radius 1 is 1.36 bits per heavy atom. The van der Waals surface area contributed by atoms with Crippen LogP contribution in [0.25, 0.3) is 0 Å². The molecule has 1 unspecified atom stereocenters. The lowest BCUT2D eigenvalue weighted by Gasteiger charge is -2.18. The number of anilines is 2. The Bertz CT molecular complexity index is 829. The summed E-state index contributed by atoms with van der Waals surface area (Å²) in [5, 5.41) is 6.05. The lowest BCUT2D eigenvalue weighted by molar-refractivity contribution is -0.114. The van der Waals surface area contributed by atoms with Crippen LogP contribution in [0.15, 0.2) is 18.3 Å². The van der Waals surface area contributed by atoms with E-state index in [4.69, 9.17) is 0 Å². The summed E-state index contributed by atoms with van der Waals surface area (Å²) in [5.41, 5.74) is 1.08. The van der Waals surface area contributed by atoms with Gasteiger partial charge in [0.05, 0.1) is 16.5 Å². The van der Waals surface area contributed by atoms with Gasteiger partial charge in [-0.15, -0.1) is 0 Å². The normalized spacial score (nSPS) is 16.2. The zero-order valence-corrected chi connectivity index (χ0v) is 14.8. The van der Waals surface area contributed by atoms with Gasteiger partial charge in [0.1, 0.15) is 5.82 Å². The van der Waals surface area contributed by atoms with E-state index in [1.807, 2.05) is 6.92 Å². The smallest absolute Gasteiger partial charge is 0.223 e. The summed E-state index contributed by atoms with van der Waals surface area (Å²) in [6.07, 6.45) is 2.46. The predicted molar refractivity (Wildman–Crippen MR) is 95.3 cm³/mol. The van der Waals surface area contributed by atoms with Crippen LogP contribution in [0.5, 0.6) is 0 Å². The fraction of sp³-hybridized carbons (Fsp3) is 0.353. The van der Waals surface area contributed by atoms with Gasteiger partial charge in [-0.2, -0.15) is 0 Å². The van der Waals surface area contributed by atoms with Crippen LogP contribution >= 0.6 is 11.3 Å².